The zero-order valence-corrected chi connectivity index (χ0v) is 16.6. The molecule has 0 aliphatic rings. The van der Waals surface area contributed by atoms with E-state index in [-0.39, 0.29) is 25.0 Å². The van der Waals surface area contributed by atoms with Crippen molar-refractivity contribution < 1.29 is 19.5 Å². The maximum atomic E-state index is 12.7. The van der Waals surface area contributed by atoms with Gasteiger partial charge in [-0.2, -0.15) is 0 Å². The van der Waals surface area contributed by atoms with Gasteiger partial charge < -0.3 is 32.5 Å². The summed E-state index contributed by atoms with van der Waals surface area (Å²) in [4.78, 5) is 35.8. The quantitative estimate of drug-likeness (QED) is 0.316. The van der Waals surface area contributed by atoms with E-state index in [0.717, 1.165) is 11.1 Å². The van der Waals surface area contributed by atoms with Crippen LogP contribution in [-0.4, -0.2) is 41.6 Å². The molecule has 0 unspecified atom stereocenters. The number of aryl methyl sites for hydroxylation is 1. The molecule has 1 aromatic rings. The highest BCUT2D eigenvalue weighted by molar-refractivity contribution is 5.98. The molecule has 0 saturated carbocycles. The Morgan fingerprint density at radius 2 is 1.86 bits per heavy atom. The fourth-order valence-electron chi connectivity index (χ4n) is 2.54. The van der Waals surface area contributed by atoms with Crippen LogP contribution in [-0.2, 0) is 16.2 Å². The lowest BCUT2D eigenvalue weighted by atomic mass is 10.0. The molecule has 1 aromatic carbocycles. The minimum absolute atomic E-state index is 0.0755. The summed E-state index contributed by atoms with van der Waals surface area (Å²) in [6, 6.07) is 2.99. The number of nitrogens with two attached hydrogens (primary N) is 2. The molecule has 156 valence electrons. The standard InChI is InChI=1S/C19H31N5O4/c1-11(2)16(20)18(27)24-15(5-4-8-22-19(21)28)17(26)23-14-7-6-13(10-25)9-12(14)3/h6-7,9,11,15-16,25H,4-5,8,10,20H2,1-3H3,(H,23,26)(H,24,27)(H3,21,22,28)/t15-,16-/m0/s1. The highest BCUT2D eigenvalue weighted by Gasteiger charge is 2.25. The average Bonchev–Trinajstić information content (AvgIpc) is 2.64. The van der Waals surface area contributed by atoms with E-state index in [4.69, 9.17) is 11.5 Å². The Balaban J connectivity index is 2.84. The van der Waals surface area contributed by atoms with Crippen molar-refractivity contribution in [3.8, 4) is 0 Å². The maximum Gasteiger partial charge on any atom is 0.312 e. The molecule has 8 N–H and O–H groups in total. The largest absolute Gasteiger partial charge is 0.392 e. The zero-order chi connectivity index (χ0) is 21.3. The van der Waals surface area contributed by atoms with E-state index in [1.807, 2.05) is 20.8 Å². The lowest BCUT2D eigenvalue weighted by Crippen LogP contribution is -2.51. The number of aliphatic hydroxyl groups is 1. The predicted octanol–water partition coefficient (Wildman–Crippen LogP) is 0.342. The van der Waals surface area contributed by atoms with Gasteiger partial charge in [0.1, 0.15) is 6.04 Å². The third kappa shape index (κ3) is 7.53. The minimum Gasteiger partial charge on any atom is -0.392 e. The Labute approximate surface area is 165 Å². The SMILES string of the molecule is Cc1cc(CO)ccc1NC(=O)[C@H](CCCNC(N)=O)NC(=O)[C@@H](N)C(C)C. The number of hydrogen-bond donors (Lipinski definition) is 6. The molecule has 0 aliphatic heterocycles. The smallest absolute Gasteiger partial charge is 0.312 e. The summed E-state index contributed by atoms with van der Waals surface area (Å²) in [5.74, 6) is -0.873. The van der Waals surface area contributed by atoms with Gasteiger partial charge in [-0.15, -0.1) is 0 Å². The van der Waals surface area contributed by atoms with Gasteiger partial charge in [0.2, 0.25) is 11.8 Å². The van der Waals surface area contributed by atoms with Crippen molar-refractivity contribution in [2.24, 2.45) is 17.4 Å². The number of amides is 4. The van der Waals surface area contributed by atoms with E-state index in [2.05, 4.69) is 16.0 Å². The second kappa shape index (κ2) is 11.3. The van der Waals surface area contributed by atoms with Crippen LogP contribution in [0, 0.1) is 12.8 Å². The van der Waals surface area contributed by atoms with Crippen LogP contribution < -0.4 is 27.4 Å². The average molecular weight is 393 g/mol. The van der Waals surface area contributed by atoms with Gasteiger partial charge in [0, 0.05) is 12.2 Å². The number of primary amides is 1. The number of rotatable bonds is 10. The highest BCUT2D eigenvalue weighted by Crippen LogP contribution is 2.17. The zero-order valence-electron chi connectivity index (χ0n) is 16.6. The summed E-state index contributed by atoms with van der Waals surface area (Å²) in [5.41, 5.74) is 13.0. The van der Waals surface area contributed by atoms with Crippen LogP contribution in [0.2, 0.25) is 0 Å². The van der Waals surface area contributed by atoms with Crippen LogP contribution in [0.5, 0.6) is 0 Å². The van der Waals surface area contributed by atoms with Gasteiger partial charge in [-0.05, 0) is 42.9 Å². The van der Waals surface area contributed by atoms with Gasteiger partial charge in [-0.1, -0.05) is 26.0 Å². The van der Waals surface area contributed by atoms with E-state index in [9.17, 15) is 19.5 Å². The molecule has 0 bridgehead atoms. The molecule has 28 heavy (non-hydrogen) atoms. The molecule has 0 radical (unpaired) electrons. The molecule has 0 spiro atoms. The number of aliphatic hydroxyl groups excluding tert-OH is 1. The van der Waals surface area contributed by atoms with E-state index in [1.54, 1.807) is 18.2 Å². The van der Waals surface area contributed by atoms with E-state index in [0.29, 0.717) is 18.5 Å². The van der Waals surface area contributed by atoms with Crippen LogP contribution in [0.25, 0.3) is 0 Å². The number of benzene rings is 1. The number of carbonyl (C=O) groups excluding carboxylic acids is 3. The molecule has 0 fully saturated rings. The normalized spacial score (nSPS) is 12.9. The third-order valence-electron chi connectivity index (χ3n) is 4.35. The van der Waals surface area contributed by atoms with Gasteiger partial charge in [0.25, 0.3) is 0 Å². The number of anilines is 1. The molecule has 9 nitrogen and oxygen atoms in total. The van der Waals surface area contributed by atoms with Gasteiger partial charge >= 0.3 is 6.03 Å². The molecular weight excluding hydrogens is 362 g/mol. The first-order valence-electron chi connectivity index (χ1n) is 9.26. The van der Waals surface area contributed by atoms with Crippen molar-refractivity contribution in [1.29, 1.82) is 0 Å². The highest BCUT2D eigenvalue weighted by atomic mass is 16.3. The summed E-state index contributed by atoms with van der Waals surface area (Å²) in [7, 11) is 0. The third-order valence-corrected chi connectivity index (χ3v) is 4.35. The van der Waals surface area contributed by atoms with Crippen LogP contribution in [0.3, 0.4) is 0 Å². The Morgan fingerprint density at radius 3 is 2.39 bits per heavy atom. The van der Waals surface area contributed by atoms with Gasteiger partial charge in [0.15, 0.2) is 0 Å². The van der Waals surface area contributed by atoms with Crippen molar-refractivity contribution in [3.05, 3.63) is 29.3 Å². The lowest BCUT2D eigenvalue weighted by Gasteiger charge is -2.22. The summed E-state index contributed by atoms with van der Waals surface area (Å²) in [5, 5.41) is 17.1. The summed E-state index contributed by atoms with van der Waals surface area (Å²) >= 11 is 0. The van der Waals surface area contributed by atoms with Crippen LogP contribution in [0.1, 0.15) is 37.8 Å². The predicted molar refractivity (Wildman–Crippen MR) is 107 cm³/mol. The molecule has 0 heterocycles. The van der Waals surface area contributed by atoms with E-state index in [1.165, 1.54) is 0 Å². The fourth-order valence-corrected chi connectivity index (χ4v) is 2.54. The number of hydrogen-bond acceptors (Lipinski definition) is 5. The molecule has 2 atom stereocenters. The van der Waals surface area contributed by atoms with Crippen LogP contribution >= 0.6 is 0 Å². The molecule has 4 amide bonds. The molecule has 0 saturated heterocycles. The van der Waals surface area contributed by atoms with E-state index < -0.39 is 24.0 Å². The van der Waals surface area contributed by atoms with Crippen molar-refractivity contribution in [3.63, 3.8) is 0 Å². The Hall–Kier alpha value is -2.65. The molecule has 9 heteroatoms. The minimum atomic E-state index is -0.816. The first-order valence-corrected chi connectivity index (χ1v) is 9.26. The molecular formula is C19H31N5O4. The summed E-state index contributed by atoms with van der Waals surface area (Å²) < 4.78 is 0. The summed E-state index contributed by atoms with van der Waals surface area (Å²) in [6.07, 6.45) is 0.747. The molecule has 0 aliphatic carbocycles. The van der Waals surface area contributed by atoms with Crippen LogP contribution in [0.15, 0.2) is 18.2 Å². The topological polar surface area (TPSA) is 160 Å². The second-order valence-electron chi connectivity index (χ2n) is 7.06. The first kappa shape index (κ1) is 23.4. The van der Waals surface area contributed by atoms with Gasteiger partial charge in [0.05, 0.1) is 12.6 Å². The molecule has 0 aromatic heterocycles. The number of urea groups is 1. The summed E-state index contributed by atoms with van der Waals surface area (Å²) in [6.45, 7) is 5.65. The maximum absolute atomic E-state index is 12.7. The Morgan fingerprint density at radius 1 is 1.18 bits per heavy atom. The van der Waals surface area contributed by atoms with Crippen molar-refractivity contribution in [2.45, 2.75) is 52.3 Å². The van der Waals surface area contributed by atoms with Gasteiger partial charge in [-0.25, -0.2) is 4.79 Å². The second-order valence-corrected chi connectivity index (χ2v) is 7.06. The first-order chi connectivity index (χ1) is 13.1. The lowest BCUT2D eigenvalue weighted by molar-refractivity contribution is -0.128. The Kier molecular flexibility index (Phi) is 9.40. The van der Waals surface area contributed by atoms with E-state index >= 15 is 0 Å². The van der Waals surface area contributed by atoms with Crippen LogP contribution in [0.4, 0.5) is 10.5 Å². The van der Waals surface area contributed by atoms with Crippen molar-refractivity contribution in [2.75, 3.05) is 11.9 Å². The Bertz CT molecular complexity index is 693. The number of nitrogens with one attached hydrogen (secondary N) is 3. The monoisotopic (exact) mass is 393 g/mol. The fraction of sp³-hybridized carbons (Fsp3) is 0.526. The van der Waals surface area contributed by atoms with Crippen molar-refractivity contribution >= 4 is 23.5 Å². The molecule has 1 rings (SSSR count). The van der Waals surface area contributed by atoms with Crippen molar-refractivity contribution in [1.82, 2.24) is 10.6 Å². The van der Waals surface area contributed by atoms with Gasteiger partial charge in [-0.3, -0.25) is 9.59 Å². The number of carbonyl (C=O) groups is 3.